The van der Waals surface area contributed by atoms with Crippen molar-refractivity contribution in [1.29, 1.82) is 0 Å². The van der Waals surface area contributed by atoms with Crippen molar-refractivity contribution in [3.8, 4) is 0 Å². The number of nitrogens with two attached hydrogens (primary N) is 1. The lowest BCUT2D eigenvalue weighted by Crippen LogP contribution is -2.49. The van der Waals surface area contributed by atoms with E-state index in [9.17, 15) is 4.79 Å². The zero-order valence-corrected chi connectivity index (χ0v) is 10.7. The highest BCUT2D eigenvalue weighted by molar-refractivity contribution is 5.81. The summed E-state index contributed by atoms with van der Waals surface area (Å²) in [5.74, 6) is 0.125. The van der Waals surface area contributed by atoms with Crippen LogP contribution in [0.15, 0.2) is 0 Å². The van der Waals surface area contributed by atoms with Crippen LogP contribution in [0.25, 0.3) is 0 Å². The average molecular weight is 227 g/mol. The number of hydrogen-bond donors (Lipinski definition) is 2. The first kappa shape index (κ1) is 13.5. The van der Waals surface area contributed by atoms with Crippen LogP contribution in [0.3, 0.4) is 0 Å². The normalized spacial score (nSPS) is 27.8. The highest BCUT2D eigenvalue weighted by atomic mass is 16.2. The number of nitrogens with one attached hydrogen (secondary N) is 1. The standard InChI is InChI=1S/C12H25N3O/c1-4-14-12(16)9(2)15(3)11-7-5-10(13)6-8-11/h9-11H,4-8,13H2,1-3H3,(H,14,16). The Bertz CT molecular complexity index is 224. The molecule has 94 valence electrons. The first-order chi connectivity index (χ1) is 7.56. The van der Waals surface area contributed by atoms with Gasteiger partial charge in [0.15, 0.2) is 0 Å². The maximum absolute atomic E-state index is 11.7. The number of hydrogen-bond acceptors (Lipinski definition) is 3. The van der Waals surface area contributed by atoms with Gasteiger partial charge in [-0.2, -0.15) is 0 Å². The van der Waals surface area contributed by atoms with E-state index in [0.29, 0.717) is 18.6 Å². The molecule has 0 aliphatic heterocycles. The van der Waals surface area contributed by atoms with Crippen LogP contribution in [0.1, 0.15) is 39.5 Å². The highest BCUT2D eigenvalue weighted by Gasteiger charge is 2.27. The third-order valence-electron chi connectivity index (χ3n) is 3.66. The van der Waals surface area contributed by atoms with Crippen LogP contribution < -0.4 is 11.1 Å². The third-order valence-corrected chi connectivity index (χ3v) is 3.66. The summed E-state index contributed by atoms with van der Waals surface area (Å²) in [6.45, 7) is 4.62. The molecule has 0 aromatic rings. The van der Waals surface area contributed by atoms with Crippen molar-refractivity contribution in [3.63, 3.8) is 0 Å². The minimum absolute atomic E-state index is 0.0423. The lowest BCUT2D eigenvalue weighted by Gasteiger charge is -2.36. The number of amides is 1. The van der Waals surface area contributed by atoms with Gasteiger partial charge in [-0.1, -0.05) is 0 Å². The van der Waals surface area contributed by atoms with E-state index in [1.54, 1.807) is 0 Å². The van der Waals surface area contributed by atoms with Crippen molar-refractivity contribution in [2.24, 2.45) is 5.73 Å². The second kappa shape index (κ2) is 6.21. The fourth-order valence-corrected chi connectivity index (χ4v) is 2.33. The van der Waals surface area contributed by atoms with Gasteiger partial charge in [0.05, 0.1) is 6.04 Å². The maximum Gasteiger partial charge on any atom is 0.237 e. The quantitative estimate of drug-likeness (QED) is 0.744. The minimum atomic E-state index is -0.0423. The molecule has 1 rings (SSSR count). The molecule has 1 aliphatic carbocycles. The zero-order chi connectivity index (χ0) is 12.1. The molecule has 1 aliphatic rings. The van der Waals surface area contributed by atoms with E-state index in [4.69, 9.17) is 5.73 Å². The summed E-state index contributed by atoms with van der Waals surface area (Å²) in [5.41, 5.74) is 5.88. The van der Waals surface area contributed by atoms with Gasteiger partial charge >= 0.3 is 0 Å². The predicted octanol–water partition coefficient (Wildman–Crippen LogP) is 0.713. The molecule has 1 fully saturated rings. The molecule has 1 unspecified atom stereocenters. The molecule has 0 spiro atoms. The zero-order valence-electron chi connectivity index (χ0n) is 10.7. The Kier molecular flexibility index (Phi) is 5.22. The van der Waals surface area contributed by atoms with Gasteiger partial charge in [0.25, 0.3) is 0 Å². The molecule has 0 bridgehead atoms. The summed E-state index contributed by atoms with van der Waals surface area (Å²) in [6.07, 6.45) is 4.39. The van der Waals surface area contributed by atoms with Crippen LogP contribution in [-0.4, -0.2) is 42.5 Å². The van der Waals surface area contributed by atoms with E-state index in [0.717, 1.165) is 25.7 Å². The minimum Gasteiger partial charge on any atom is -0.355 e. The van der Waals surface area contributed by atoms with E-state index in [1.807, 2.05) is 20.9 Å². The Morgan fingerprint density at radius 1 is 1.44 bits per heavy atom. The molecule has 16 heavy (non-hydrogen) atoms. The molecule has 0 heterocycles. The van der Waals surface area contributed by atoms with E-state index >= 15 is 0 Å². The number of carbonyl (C=O) groups excluding carboxylic acids is 1. The third kappa shape index (κ3) is 3.46. The van der Waals surface area contributed by atoms with Crippen LogP contribution in [-0.2, 0) is 4.79 Å². The van der Waals surface area contributed by atoms with Crippen LogP contribution in [0.2, 0.25) is 0 Å². The Morgan fingerprint density at radius 2 is 2.00 bits per heavy atom. The van der Waals surface area contributed by atoms with Crippen LogP contribution in [0.5, 0.6) is 0 Å². The fourth-order valence-electron chi connectivity index (χ4n) is 2.33. The second-order valence-corrected chi connectivity index (χ2v) is 4.80. The van der Waals surface area contributed by atoms with Gasteiger partial charge in [0.1, 0.15) is 0 Å². The first-order valence-corrected chi connectivity index (χ1v) is 6.31. The van der Waals surface area contributed by atoms with Crippen LogP contribution >= 0.6 is 0 Å². The van der Waals surface area contributed by atoms with Crippen LogP contribution in [0, 0.1) is 0 Å². The summed E-state index contributed by atoms with van der Waals surface area (Å²) < 4.78 is 0. The number of nitrogens with zero attached hydrogens (tertiary/aromatic N) is 1. The van der Waals surface area contributed by atoms with Crippen molar-refractivity contribution in [3.05, 3.63) is 0 Å². The molecule has 4 heteroatoms. The van der Waals surface area contributed by atoms with E-state index in [1.165, 1.54) is 0 Å². The summed E-state index contributed by atoms with van der Waals surface area (Å²) in [7, 11) is 2.04. The summed E-state index contributed by atoms with van der Waals surface area (Å²) in [4.78, 5) is 13.9. The van der Waals surface area contributed by atoms with Gasteiger partial charge in [-0.15, -0.1) is 0 Å². The molecule has 0 aromatic heterocycles. The lowest BCUT2D eigenvalue weighted by atomic mass is 9.90. The van der Waals surface area contributed by atoms with E-state index in [-0.39, 0.29) is 11.9 Å². The van der Waals surface area contributed by atoms with Crippen molar-refractivity contribution in [2.75, 3.05) is 13.6 Å². The summed E-state index contributed by atoms with van der Waals surface area (Å²) in [6, 6.07) is 0.834. The Balaban J connectivity index is 2.43. The Labute approximate surface area is 98.6 Å². The SMILES string of the molecule is CCNC(=O)C(C)N(C)C1CCC(N)CC1. The highest BCUT2D eigenvalue weighted by Crippen LogP contribution is 2.22. The molecular formula is C12H25N3O. The van der Waals surface area contributed by atoms with Crippen LogP contribution in [0.4, 0.5) is 0 Å². The number of likely N-dealkylation sites (N-methyl/N-ethyl adjacent to an activating group) is 2. The smallest absolute Gasteiger partial charge is 0.237 e. The average Bonchev–Trinajstić information content (AvgIpc) is 2.28. The Morgan fingerprint density at radius 3 is 2.50 bits per heavy atom. The molecule has 4 nitrogen and oxygen atoms in total. The second-order valence-electron chi connectivity index (χ2n) is 4.80. The van der Waals surface area contributed by atoms with Crippen molar-refractivity contribution >= 4 is 5.91 Å². The first-order valence-electron chi connectivity index (χ1n) is 6.31. The summed E-state index contributed by atoms with van der Waals surface area (Å²) >= 11 is 0. The summed E-state index contributed by atoms with van der Waals surface area (Å²) in [5, 5.41) is 2.87. The maximum atomic E-state index is 11.7. The topological polar surface area (TPSA) is 58.4 Å². The molecule has 0 aromatic carbocycles. The van der Waals surface area contributed by atoms with Crippen molar-refractivity contribution in [2.45, 2.75) is 57.7 Å². The van der Waals surface area contributed by atoms with Crippen molar-refractivity contribution in [1.82, 2.24) is 10.2 Å². The van der Waals surface area contributed by atoms with Crippen molar-refractivity contribution < 1.29 is 4.79 Å². The van der Waals surface area contributed by atoms with E-state index in [2.05, 4.69) is 10.2 Å². The van der Waals surface area contributed by atoms with Gasteiger partial charge in [-0.25, -0.2) is 0 Å². The lowest BCUT2D eigenvalue weighted by molar-refractivity contribution is -0.126. The molecule has 0 radical (unpaired) electrons. The van der Waals surface area contributed by atoms with Gasteiger partial charge in [-0.05, 0) is 46.6 Å². The largest absolute Gasteiger partial charge is 0.355 e. The molecule has 3 N–H and O–H groups in total. The predicted molar refractivity (Wildman–Crippen MR) is 66.1 cm³/mol. The molecule has 1 atom stereocenters. The fraction of sp³-hybridized carbons (Fsp3) is 0.917. The van der Waals surface area contributed by atoms with Gasteiger partial charge in [-0.3, -0.25) is 9.69 Å². The Hall–Kier alpha value is -0.610. The van der Waals surface area contributed by atoms with E-state index < -0.39 is 0 Å². The monoisotopic (exact) mass is 227 g/mol. The van der Waals surface area contributed by atoms with Gasteiger partial charge in [0, 0.05) is 18.6 Å². The van der Waals surface area contributed by atoms with Gasteiger partial charge < -0.3 is 11.1 Å². The number of carbonyl (C=O) groups is 1. The molecule has 1 amide bonds. The molecule has 0 saturated heterocycles. The molecular weight excluding hydrogens is 202 g/mol. The number of rotatable bonds is 4. The molecule has 1 saturated carbocycles. The van der Waals surface area contributed by atoms with Gasteiger partial charge in [0.2, 0.25) is 5.91 Å².